The van der Waals surface area contributed by atoms with Crippen LogP contribution < -0.4 is 0 Å². The van der Waals surface area contributed by atoms with Gasteiger partial charge in [-0.25, -0.2) is 0 Å². The van der Waals surface area contributed by atoms with Gasteiger partial charge in [-0.1, -0.05) is 6.92 Å². The van der Waals surface area contributed by atoms with Crippen LogP contribution in [0.1, 0.15) is 37.0 Å². The first-order valence-corrected chi connectivity index (χ1v) is 8.42. The zero-order chi connectivity index (χ0) is 16.8. The quantitative estimate of drug-likeness (QED) is 0.833. The van der Waals surface area contributed by atoms with Crippen molar-refractivity contribution in [1.29, 1.82) is 0 Å². The molecule has 2 heterocycles. The third-order valence-corrected chi connectivity index (χ3v) is 4.37. The lowest BCUT2D eigenvalue weighted by molar-refractivity contribution is -0.132. The largest absolute Gasteiger partial charge is 0.342 e. The Morgan fingerprint density at radius 1 is 1.17 bits per heavy atom. The van der Waals surface area contributed by atoms with Crippen molar-refractivity contribution >= 4 is 11.8 Å². The lowest BCUT2D eigenvalue weighted by Gasteiger charge is -2.34. The zero-order valence-corrected chi connectivity index (χ0v) is 14.3. The summed E-state index contributed by atoms with van der Waals surface area (Å²) in [5.41, 5.74) is 1.45. The first-order valence-electron chi connectivity index (χ1n) is 8.42. The van der Waals surface area contributed by atoms with Crippen LogP contribution in [0, 0.1) is 0 Å². The van der Waals surface area contributed by atoms with Gasteiger partial charge in [-0.15, -0.1) is 0 Å². The number of piperazine rings is 1. The molecule has 23 heavy (non-hydrogen) atoms. The summed E-state index contributed by atoms with van der Waals surface area (Å²) in [6.45, 7) is 10.7. The van der Waals surface area contributed by atoms with Crippen LogP contribution in [0.5, 0.6) is 0 Å². The number of nitrogens with zero attached hydrogens (tertiary/aromatic N) is 4. The van der Waals surface area contributed by atoms with E-state index in [9.17, 15) is 9.59 Å². The van der Waals surface area contributed by atoms with E-state index in [1.165, 1.54) is 0 Å². The lowest BCUT2D eigenvalue weighted by atomic mass is 10.2. The molecule has 128 valence electrons. The minimum absolute atomic E-state index is 0.0318. The number of hydrogen-bond donors (Lipinski definition) is 1. The van der Waals surface area contributed by atoms with Gasteiger partial charge in [-0.05, 0) is 26.3 Å². The van der Waals surface area contributed by atoms with Gasteiger partial charge in [0.15, 0.2) is 0 Å². The maximum Gasteiger partial charge on any atom is 0.274 e. The predicted octanol–water partition coefficient (Wildman–Crippen LogP) is 0.598. The van der Waals surface area contributed by atoms with E-state index in [-0.39, 0.29) is 11.8 Å². The Bertz CT molecular complexity index is 530. The van der Waals surface area contributed by atoms with Crippen LogP contribution in [0.15, 0.2) is 6.07 Å². The maximum absolute atomic E-state index is 12.4. The summed E-state index contributed by atoms with van der Waals surface area (Å²) >= 11 is 0. The zero-order valence-electron chi connectivity index (χ0n) is 14.3. The van der Waals surface area contributed by atoms with Crippen molar-refractivity contribution in [3.05, 3.63) is 17.5 Å². The number of likely N-dealkylation sites (N-methyl/N-ethyl adjacent to an activating group) is 1. The van der Waals surface area contributed by atoms with Crippen LogP contribution in [0.2, 0.25) is 0 Å². The molecule has 0 aliphatic carbocycles. The number of rotatable bonds is 6. The van der Waals surface area contributed by atoms with Gasteiger partial charge in [-0.3, -0.25) is 19.6 Å². The summed E-state index contributed by atoms with van der Waals surface area (Å²) in [6.07, 6.45) is 0.835. The number of amides is 2. The molecule has 0 saturated carbocycles. The van der Waals surface area contributed by atoms with E-state index in [1.54, 1.807) is 0 Å². The molecular weight excluding hydrogens is 294 g/mol. The Labute approximate surface area is 137 Å². The molecule has 1 N–H and O–H groups in total. The third-order valence-electron chi connectivity index (χ3n) is 4.37. The molecule has 1 aliphatic heterocycles. The SMILES string of the molecule is CCc1cc(C(=O)N2CCN(CC(=O)N(CC)CC)CC2)n[nH]1. The molecule has 7 heteroatoms. The number of nitrogens with one attached hydrogen (secondary N) is 1. The van der Waals surface area contributed by atoms with Crippen LogP contribution >= 0.6 is 0 Å². The minimum atomic E-state index is -0.0318. The normalized spacial score (nSPS) is 15.7. The number of hydrogen-bond acceptors (Lipinski definition) is 4. The fraction of sp³-hybridized carbons (Fsp3) is 0.688. The average molecular weight is 321 g/mol. The molecule has 0 bridgehead atoms. The van der Waals surface area contributed by atoms with Gasteiger partial charge in [0.05, 0.1) is 6.54 Å². The number of aromatic nitrogens is 2. The van der Waals surface area contributed by atoms with Crippen molar-refractivity contribution in [2.45, 2.75) is 27.2 Å². The molecule has 2 rings (SSSR count). The molecule has 0 atom stereocenters. The molecule has 0 aromatic carbocycles. The fourth-order valence-corrected chi connectivity index (χ4v) is 2.79. The van der Waals surface area contributed by atoms with Crippen molar-refractivity contribution in [1.82, 2.24) is 24.9 Å². The van der Waals surface area contributed by atoms with Crippen LogP contribution in [-0.4, -0.2) is 82.5 Å². The minimum Gasteiger partial charge on any atom is -0.342 e. The molecule has 0 unspecified atom stereocenters. The topological polar surface area (TPSA) is 72.5 Å². The summed E-state index contributed by atoms with van der Waals surface area (Å²) < 4.78 is 0. The molecule has 2 amide bonds. The van der Waals surface area contributed by atoms with Gasteiger partial charge < -0.3 is 9.80 Å². The number of carbonyl (C=O) groups is 2. The molecule has 1 aromatic rings. The molecular formula is C16H27N5O2. The highest BCUT2D eigenvalue weighted by Gasteiger charge is 2.25. The Balaban J connectivity index is 1.83. The smallest absolute Gasteiger partial charge is 0.274 e. The number of aromatic amines is 1. The monoisotopic (exact) mass is 321 g/mol. The van der Waals surface area contributed by atoms with Crippen molar-refractivity contribution in [2.75, 3.05) is 45.8 Å². The van der Waals surface area contributed by atoms with Crippen molar-refractivity contribution < 1.29 is 9.59 Å². The van der Waals surface area contributed by atoms with Gasteiger partial charge in [0.25, 0.3) is 5.91 Å². The predicted molar refractivity (Wildman–Crippen MR) is 88.2 cm³/mol. The average Bonchev–Trinajstić information content (AvgIpc) is 3.05. The van der Waals surface area contributed by atoms with Crippen molar-refractivity contribution in [3.63, 3.8) is 0 Å². The molecule has 1 aliphatic rings. The molecule has 0 spiro atoms. The number of aryl methyl sites for hydroxylation is 1. The van der Waals surface area contributed by atoms with Gasteiger partial charge in [0.2, 0.25) is 5.91 Å². The molecule has 1 saturated heterocycles. The van der Waals surface area contributed by atoms with E-state index >= 15 is 0 Å². The summed E-state index contributed by atoms with van der Waals surface area (Å²) in [7, 11) is 0. The van der Waals surface area contributed by atoms with Gasteiger partial charge in [0, 0.05) is 45.0 Å². The van der Waals surface area contributed by atoms with E-state index < -0.39 is 0 Å². The van der Waals surface area contributed by atoms with Crippen molar-refractivity contribution in [3.8, 4) is 0 Å². The number of carbonyl (C=O) groups excluding carboxylic acids is 2. The highest BCUT2D eigenvalue weighted by Crippen LogP contribution is 2.09. The Morgan fingerprint density at radius 3 is 2.35 bits per heavy atom. The second-order valence-corrected chi connectivity index (χ2v) is 5.77. The Kier molecular flexibility index (Phi) is 6.15. The second kappa shape index (κ2) is 8.10. The van der Waals surface area contributed by atoms with Gasteiger partial charge in [-0.2, -0.15) is 5.10 Å². The summed E-state index contributed by atoms with van der Waals surface area (Å²) in [4.78, 5) is 30.3. The highest BCUT2D eigenvalue weighted by molar-refractivity contribution is 5.92. The Hall–Kier alpha value is -1.89. The highest BCUT2D eigenvalue weighted by atomic mass is 16.2. The molecule has 0 radical (unpaired) electrons. The molecule has 7 nitrogen and oxygen atoms in total. The van der Waals surface area contributed by atoms with Gasteiger partial charge in [0.1, 0.15) is 5.69 Å². The van der Waals surface area contributed by atoms with E-state index in [1.807, 2.05) is 36.6 Å². The van der Waals surface area contributed by atoms with E-state index in [0.29, 0.717) is 25.3 Å². The number of H-pyrrole nitrogens is 1. The maximum atomic E-state index is 12.4. The first-order chi connectivity index (χ1) is 11.1. The second-order valence-electron chi connectivity index (χ2n) is 5.77. The molecule has 1 aromatic heterocycles. The van der Waals surface area contributed by atoms with E-state index in [4.69, 9.17) is 0 Å². The lowest BCUT2D eigenvalue weighted by Crippen LogP contribution is -2.51. The van der Waals surface area contributed by atoms with E-state index in [0.717, 1.165) is 38.3 Å². The fourth-order valence-electron chi connectivity index (χ4n) is 2.79. The first kappa shape index (κ1) is 17.5. The Morgan fingerprint density at radius 2 is 1.83 bits per heavy atom. The van der Waals surface area contributed by atoms with E-state index in [2.05, 4.69) is 15.1 Å². The molecule has 1 fully saturated rings. The van der Waals surface area contributed by atoms with Crippen LogP contribution in [0.4, 0.5) is 0 Å². The summed E-state index contributed by atoms with van der Waals surface area (Å²) in [5, 5.41) is 6.96. The van der Waals surface area contributed by atoms with Gasteiger partial charge >= 0.3 is 0 Å². The summed E-state index contributed by atoms with van der Waals surface area (Å²) in [6, 6.07) is 1.82. The van der Waals surface area contributed by atoms with Crippen LogP contribution in [0.25, 0.3) is 0 Å². The standard InChI is InChI=1S/C16H27N5O2/c1-4-13-11-14(18-17-13)16(23)21-9-7-19(8-10-21)12-15(22)20(5-2)6-3/h11H,4-10,12H2,1-3H3,(H,17,18). The summed E-state index contributed by atoms with van der Waals surface area (Å²) in [5.74, 6) is 0.130. The third kappa shape index (κ3) is 4.31. The van der Waals surface area contributed by atoms with Crippen LogP contribution in [-0.2, 0) is 11.2 Å². The van der Waals surface area contributed by atoms with Crippen LogP contribution in [0.3, 0.4) is 0 Å². The van der Waals surface area contributed by atoms with Crippen molar-refractivity contribution in [2.24, 2.45) is 0 Å².